The number of hydrogen-bond acceptors (Lipinski definition) is 5. The number of pyridine rings is 1. The maximum atomic E-state index is 12.8. The van der Waals surface area contributed by atoms with Gasteiger partial charge in [0.2, 0.25) is 5.89 Å². The van der Waals surface area contributed by atoms with Gasteiger partial charge >= 0.3 is 0 Å². The van der Waals surface area contributed by atoms with Gasteiger partial charge in [0.25, 0.3) is 5.91 Å². The van der Waals surface area contributed by atoms with Crippen LogP contribution in [0.2, 0.25) is 0 Å². The number of carbonyl (C=O) groups excluding carboxylic acids is 1. The molecule has 0 radical (unpaired) electrons. The van der Waals surface area contributed by atoms with Crippen LogP contribution in [0.15, 0.2) is 59.6 Å². The van der Waals surface area contributed by atoms with E-state index in [2.05, 4.69) is 9.97 Å². The monoisotopic (exact) mass is 374 g/mol. The zero-order valence-corrected chi connectivity index (χ0v) is 15.3. The molecule has 0 aliphatic carbocycles. The lowest BCUT2D eigenvalue weighted by Crippen LogP contribution is -2.26. The van der Waals surface area contributed by atoms with Crippen molar-refractivity contribution < 1.29 is 13.9 Å². The summed E-state index contributed by atoms with van der Waals surface area (Å²) in [6, 6.07) is 9.46. The maximum absolute atomic E-state index is 12.8. The van der Waals surface area contributed by atoms with E-state index >= 15 is 0 Å². The number of rotatable bonds is 5. The molecule has 0 N–H and O–H groups in total. The number of oxazole rings is 1. The number of nitrogens with zero attached hydrogens (tertiary/aromatic N) is 4. The van der Waals surface area contributed by atoms with Crippen molar-refractivity contribution in [3.63, 3.8) is 0 Å². The highest BCUT2D eigenvalue weighted by molar-refractivity contribution is 6.00. The zero-order valence-electron chi connectivity index (χ0n) is 15.3. The average molecular weight is 374 g/mol. The van der Waals surface area contributed by atoms with E-state index in [1.165, 1.54) is 0 Å². The van der Waals surface area contributed by atoms with E-state index < -0.39 is 0 Å². The largest absolute Gasteiger partial charge is 0.497 e. The van der Waals surface area contributed by atoms with Crippen molar-refractivity contribution in [2.45, 2.75) is 13.0 Å². The van der Waals surface area contributed by atoms with Crippen LogP contribution < -0.4 is 4.74 Å². The predicted molar refractivity (Wildman–Crippen MR) is 102 cm³/mol. The highest BCUT2D eigenvalue weighted by Crippen LogP contribution is 2.32. The first-order valence-corrected chi connectivity index (χ1v) is 9.05. The van der Waals surface area contributed by atoms with Crippen molar-refractivity contribution in [3.8, 4) is 17.2 Å². The molecule has 0 bridgehead atoms. The summed E-state index contributed by atoms with van der Waals surface area (Å²) in [5.74, 6) is 1.35. The molecule has 5 rings (SSSR count). The minimum Gasteiger partial charge on any atom is -0.497 e. The van der Waals surface area contributed by atoms with Crippen LogP contribution in [0, 0.1) is 0 Å². The quantitative estimate of drug-likeness (QED) is 0.536. The van der Waals surface area contributed by atoms with E-state index in [0.29, 0.717) is 25.4 Å². The summed E-state index contributed by atoms with van der Waals surface area (Å²) in [6.45, 7) is 1.15. The molecule has 0 unspecified atom stereocenters. The Morgan fingerprint density at radius 3 is 2.96 bits per heavy atom. The molecule has 1 aliphatic rings. The fourth-order valence-corrected chi connectivity index (χ4v) is 3.64. The van der Waals surface area contributed by atoms with Gasteiger partial charge < -0.3 is 18.5 Å². The van der Waals surface area contributed by atoms with E-state index in [1.54, 1.807) is 19.6 Å². The van der Waals surface area contributed by atoms with Crippen LogP contribution in [0.3, 0.4) is 0 Å². The highest BCUT2D eigenvalue weighted by Gasteiger charge is 2.30. The van der Waals surface area contributed by atoms with E-state index in [9.17, 15) is 4.79 Å². The van der Waals surface area contributed by atoms with Gasteiger partial charge in [-0.15, -0.1) is 0 Å². The summed E-state index contributed by atoms with van der Waals surface area (Å²) in [7, 11) is 1.64. The lowest BCUT2D eigenvalue weighted by Gasteiger charge is -2.14. The normalized spacial score (nSPS) is 13.3. The van der Waals surface area contributed by atoms with Gasteiger partial charge in [-0.25, -0.2) is 9.97 Å². The molecule has 7 heteroatoms. The van der Waals surface area contributed by atoms with E-state index in [4.69, 9.17) is 9.15 Å². The Bertz CT molecular complexity index is 1160. The van der Waals surface area contributed by atoms with Crippen LogP contribution in [-0.2, 0) is 13.0 Å². The lowest BCUT2D eigenvalue weighted by molar-refractivity contribution is 0.0780. The average Bonchev–Trinajstić information content (AvgIpc) is 3.45. The first kappa shape index (κ1) is 16.6. The Morgan fingerprint density at radius 2 is 2.14 bits per heavy atom. The van der Waals surface area contributed by atoms with Crippen molar-refractivity contribution in [2.24, 2.45) is 0 Å². The van der Waals surface area contributed by atoms with Crippen molar-refractivity contribution in [1.29, 1.82) is 0 Å². The van der Waals surface area contributed by atoms with Crippen LogP contribution in [0.1, 0.15) is 21.6 Å². The van der Waals surface area contributed by atoms with Gasteiger partial charge in [0.05, 0.1) is 19.0 Å². The summed E-state index contributed by atoms with van der Waals surface area (Å²) in [5, 5.41) is 0. The standard InChI is InChI=1S/C21H18N4O3/c1-27-15-6-9-24-12-14(23-19(24)11-15)5-8-25-13-18-16(20-22-7-10-28-20)3-2-4-17(18)21(25)26/h2-4,6-7,9-12H,5,8,13H2,1H3. The van der Waals surface area contributed by atoms with Gasteiger partial charge in [0.15, 0.2) is 0 Å². The molecule has 4 heterocycles. The van der Waals surface area contributed by atoms with Gasteiger partial charge in [-0.1, -0.05) is 6.07 Å². The molecule has 0 fully saturated rings. The zero-order chi connectivity index (χ0) is 19.1. The van der Waals surface area contributed by atoms with Gasteiger partial charge in [-0.3, -0.25) is 4.79 Å². The molecule has 28 heavy (non-hydrogen) atoms. The lowest BCUT2D eigenvalue weighted by atomic mass is 10.0. The number of aromatic nitrogens is 3. The molecule has 7 nitrogen and oxygen atoms in total. The second-order valence-electron chi connectivity index (χ2n) is 6.71. The summed E-state index contributed by atoms with van der Waals surface area (Å²) >= 11 is 0. The third kappa shape index (κ3) is 2.72. The van der Waals surface area contributed by atoms with Crippen LogP contribution in [-0.4, -0.2) is 38.8 Å². The molecule has 0 saturated heterocycles. The van der Waals surface area contributed by atoms with E-state index in [0.717, 1.165) is 33.8 Å². The number of amides is 1. The second kappa shape index (κ2) is 6.53. The van der Waals surface area contributed by atoms with Gasteiger partial charge in [0, 0.05) is 49.1 Å². The number of fused-ring (bicyclic) bond motifs is 2. The summed E-state index contributed by atoms with van der Waals surface area (Å²) in [5.41, 5.74) is 4.32. The van der Waals surface area contributed by atoms with Gasteiger partial charge in [0.1, 0.15) is 17.7 Å². The number of ether oxygens (including phenoxy) is 1. The molecule has 0 atom stereocenters. The molecule has 1 aliphatic heterocycles. The fraction of sp³-hybridized carbons (Fsp3) is 0.190. The van der Waals surface area contributed by atoms with E-state index in [1.807, 2.05) is 52.0 Å². The molecule has 0 saturated carbocycles. The highest BCUT2D eigenvalue weighted by atomic mass is 16.5. The molecule has 1 aromatic carbocycles. The number of methoxy groups -OCH3 is 1. The molecule has 1 amide bonds. The van der Waals surface area contributed by atoms with Crippen molar-refractivity contribution in [3.05, 3.63) is 72.0 Å². The SMILES string of the molecule is COc1ccn2cc(CCN3Cc4c(cccc4-c4ncco4)C3=O)nc2c1. The van der Waals surface area contributed by atoms with Crippen LogP contribution in [0.4, 0.5) is 0 Å². The van der Waals surface area contributed by atoms with Crippen LogP contribution in [0.25, 0.3) is 17.1 Å². The Labute approximate surface area is 161 Å². The Morgan fingerprint density at radius 1 is 1.25 bits per heavy atom. The van der Waals surface area contributed by atoms with E-state index in [-0.39, 0.29) is 5.91 Å². The molecule has 3 aromatic heterocycles. The number of benzene rings is 1. The number of hydrogen-bond donors (Lipinski definition) is 0. The first-order chi connectivity index (χ1) is 13.7. The Kier molecular flexibility index (Phi) is 3.86. The minimum atomic E-state index is 0.0360. The fourth-order valence-electron chi connectivity index (χ4n) is 3.64. The molecular weight excluding hydrogens is 356 g/mol. The molecular formula is C21H18N4O3. The van der Waals surface area contributed by atoms with Gasteiger partial charge in [-0.2, -0.15) is 0 Å². The number of imidazole rings is 1. The Hall–Kier alpha value is -3.61. The van der Waals surface area contributed by atoms with Crippen molar-refractivity contribution >= 4 is 11.6 Å². The maximum Gasteiger partial charge on any atom is 0.254 e. The molecule has 4 aromatic rings. The predicted octanol–water partition coefficient (Wildman–Crippen LogP) is 3.20. The molecule has 0 spiro atoms. The third-order valence-electron chi connectivity index (χ3n) is 5.06. The van der Waals surface area contributed by atoms with Crippen molar-refractivity contribution in [2.75, 3.05) is 13.7 Å². The number of carbonyl (C=O) groups is 1. The smallest absolute Gasteiger partial charge is 0.254 e. The third-order valence-corrected chi connectivity index (χ3v) is 5.06. The second-order valence-corrected chi connectivity index (χ2v) is 6.71. The summed E-state index contributed by atoms with van der Waals surface area (Å²) < 4.78 is 12.6. The Balaban J connectivity index is 1.35. The first-order valence-electron chi connectivity index (χ1n) is 9.05. The molecule has 140 valence electrons. The summed E-state index contributed by atoms with van der Waals surface area (Å²) in [6.07, 6.45) is 7.74. The van der Waals surface area contributed by atoms with Crippen LogP contribution >= 0.6 is 0 Å². The van der Waals surface area contributed by atoms with Gasteiger partial charge in [-0.05, 0) is 23.8 Å². The van der Waals surface area contributed by atoms with Crippen LogP contribution in [0.5, 0.6) is 5.75 Å². The van der Waals surface area contributed by atoms with Crippen molar-refractivity contribution in [1.82, 2.24) is 19.3 Å². The summed E-state index contributed by atoms with van der Waals surface area (Å²) in [4.78, 5) is 23.5. The minimum absolute atomic E-state index is 0.0360. The topological polar surface area (TPSA) is 72.9 Å².